The molecule has 1 N–H and O–H groups in total. The van der Waals surface area contributed by atoms with Gasteiger partial charge in [0.05, 0.1) is 0 Å². The summed E-state index contributed by atoms with van der Waals surface area (Å²) in [5.41, 5.74) is 3.83. The van der Waals surface area contributed by atoms with Crippen LogP contribution >= 0.6 is 0 Å². The number of para-hydroxylation sites is 1. The van der Waals surface area contributed by atoms with Gasteiger partial charge in [-0.2, -0.15) is 0 Å². The Labute approximate surface area is 177 Å². The van der Waals surface area contributed by atoms with Crippen LogP contribution in [0.2, 0.25) is 0 Å². The minimum atomic E-state index is -0.673. The molecule has 1 aliphatic heterocycles. The summed E-state index contributed by atoms with van der Waals surface area (Å²) < 4.78 is 12.7. The summed E-state index contributed by atoms with van der Waals surface area (Å²) in [5.74, 6) is 1.93. The van der Waals surface area contributed by atoms with E-state index in [2.05, 4.69) is 78.1 Å². The van der Waals surface area contributed by atoms with Crippen molar-refractivity contribution in [3.05, 3.63) is 125 Å². The Morgan fingerprint density at radius 2 is 1.40 bits per heavy atom. The first kappa shape index (κ1) is 18.7. The van der Waals surface area contributed by atoms with Gasteiger partial charge in [-0.3, -0.25) is 0 Å². The lowest BCUT2D eigenvalue weighted by atomic mass is 9.78. The third-order valence-corrected chi connectivity index (χ3v) is 5.75. The van der Waals surface area contributed by atoms with Crippen LogP contribution in [0.1, 0.15) is 34.6 Å². The van der Waals surface area contributed by atoms with Crippen molar-refractivity contribution in [2.24, 2.45) is 0 Å². The molecule has 0 unspecified atom stereocenters. The molecule has 0 radical (unpaired) electrons. The van der Waals surface area contributed by atoms with Gasteiger partial charge in [0.25, 0.3) is 0 Å². The second-order valence-corrected chi connectivity index (χ2v) is 7.76. The van der Waals surface area contributed by atoms with E-state index in [1.54, 1.807) is 0 Å². The van der Waals surface area contributed by atoms with Gasteiger partial charge >= 0.3 is 0 Å². The third-order valence-electron chi connectivity index (χ3n) is 5.75. The number of anilines is 1. The standard InChI is InChI=1S/C27H25NO2/c1-20-16-17-23(29-20)18-19-26-28-25-15-9-8-14-24(25)27(30-26,21-10-4-2-5-11-21)22-12-6-3-7-13-22/h2-17,26,28H,18-19H2,1H3/t26-/m0/s1. The summed E-state index contributed by atoms with van der Waals surface area (Å²) in [7, 11) is 0. The quantitative estimate of drug-likeness (QED) is 0.432. The third kappa shape index (κ3) is 3.31. The molecule has 150 valence electrons. The zero-order chi connectivity index (χ0) is 20.4. The van der Waals surface area contributed by atoms with Gasteiger partial charge in [-0.25, -0.2) is 0 Å². The van der Waals surface area contributed by atoms with Gasteiger partial charge in [0.15, 0.2) is 0 Å². The number of aryl methyl sites for hydroxylation is 2. The molecule has 0 bridgehead atoms. The highest BCUT2D eigenvalue weighted by atomic mass is 16.5. The van der Waals surface area contributed by atoms with Gasteiger partial charge < -0.3 is 14.5 Å². The molecule has 1 atom stereocenters. The Morgan fingerprint density at radius 1 is 0.767 bits per heavy atom. The number of ether oxygens (including phenoxy) is 1. The maximum Gasteiger partial charge on any atom is 0.148 e. The molecule has 3 nitrogen and oxygen atoms in total. The van der Waals surface area contributed by atoms with Crippen LogP contribution in [0.4, 0.5) is 5.69 Å². The predicted octanol–water partition coefficient (Wildman–Crippen LogP) is 6.28. The average Bonchev–Trinajstić information content (AvgIpc) is 3.23. The minimum absolute atomic E-state index is 0.147. The van der Waals surface area contributed by atoms with Crippen molar-refractivity contribution in [3.8, 4) is 0 Å². The van der Waals surface area contributed by atoms with E-state index in [9.17, 15) is 0 Å². The summed E-state index contributed by atoms with van der Waals surface area (Å²) in [6.07, 6.45) is 1.47. The van der Waals surface area contributed by atoms with Crippen molar-refractivity contribution in [2.75, 3.05) is 5.32 Å². The first-order chi connectivity index (χ1) is 14.8. The lowest BCUT2D eigenvalue weighted by Crippen LogP contribution is -2.44. The number of fused-ring (bicyclic) bond motifs is 1. The second-order valence-electron chi connectivity index (χ2n) is 7.76. The Balaban J connectivity index is 1.60. The summed E-state index contributed by atoms with van der Waals surface area (Å²) >= 11 is 0. The zero-order valence-electron chi connectivity index (χ0n) is 17.0. The first-order valence-corrected chi connectivity index (χ1v) is 10.5. The monoisotopic (exact) mass is 395 g/mol. The number of hydrogen-bond donors (Lipinski definition) is 1. The number of hydrogen-bond acceptors (Lipinski definition) is 3. The van der Waals surface area contributed by atoms with Gasteiger partial charge in [0.1, 0.15) is 23.3 Å². The van der Waals surface area contributed by atoms with Crippen molar-refractivity contribution >= 4 is 5.69 Å². The highest BCUT2D eigenvalue weighted by Gasteiger charge is 2.44. The van der Waals surface area contributed by atoms with Crippen molar-refractivity contribution < 1.29 is 9.15 Å². The molecule has 4 aromatic rings. The van der Waals surface area contributed by atoms with E-state index in [4.69, 9.17) is 9.15 Å². The van der Waals surface area contributed by atoms with Crippen molar-refractivity contribution in [1.29, 1.82) is 0 Å². The van der Waals surface area contributed by atoms with Gasteiger partial charge in [-0.15, -0.1) is 0 Å². The van der Waals surface area contributed by atoms with Crippen molar-refractivity contribution in [2.45, 2.75) is 31.6 Å². The number of furan rings is 1. The van der Waals surface area contributed by atoms with Crippen LogP contribution in [0.25, 0.3) is 0 Å². The molecule has 3 aromatic carbocycles. The van der Waals surface area contributed by atoms with Crippen LogP contribution < -0.4 is 5.32 Å². The van der Waals surface area contributed by atoms with E-state index < -0.39 is 5.60 Å². The van der Waals surface area contributed by atoms with Gasteiger partial charge in [-0.1, -0.05) is 78.9 Å². The Morgan fingerprint density at radius 3 is 2.03 bits per heavy atom. The van der Waals surface area contributed by atoms with E-state index in [1.807, 2.05) is 31.2 Å². The van der Waals surface area contributed by atoms with Crippen molar-refractivity contribution in [3.63, 3.8) is 0 Å². The molecule has 1 aliphatic rings. The van der Waals surface area contributed by atoms with Crippen LogP contribution in [0, 0.1) is 6.92 Å². The Kier molecular flexibility index (Phi) is 4.89. The second kappa shape index (κ2) is 7.85. The Hall–Kier alpha value is -3.30. The fourth-order valence-corrected chi connectivity index (χ4v) is 4.38. The van der Waals surface area contributed by atoms with Crippen LogP contribution in [0.3, 0.4) is 0 Å². The summed E-state index contributed by atoms with van der Waals surface area (Å²) in [5, 5.41) is 3.60. The van der Waals surface area contributed by atoms with Gasteiger partial charge in [-0.05, 0) is 42.7 Å². The van der Waals surface area contributed by atoms with E-state index in [0.717, 1.165) is 46.7 Å². The number of benzene rings is 3. The maximum atomic E-state index is 6.95. The molecule has 2 heterocycles. The van der Waals surface area contributed by atoms with Crippen LogP contribution in [0.15, 0.2) is 101 Å². The molecule has 5 rings (SSSR count). The average molecular weight is 396 g/mol. The summed E-state index contributed by atoms with van der Waals surface area (Å²) in [6, 6.07) is 33.5. The molecular formula is C27H25NO2. The zero-order valence-corrected chi connectivity index (χ0v) is 17.0. The topological polar surface area (TPSA) is 34.4 Å². The first-order valence-electron chi connectivity index (χ1n) is 10.5. The highest BCUT2D eigenvalue weighted by Crippen LogP contribution is 2.47. The smallest absolute Gasteiger partial charge is 0.148 e. The van der Waals surface area contributed by atoms with E-state index in [1.165, 1.54) is 0 Å². The van der Waals surface area contributed by atoms with Crippen LogP contribution in [-0.2, 0) is 16.8 Å². The van der Waals surface area contributed by atoms with Crippen LogP contribution in [-0.4, -0.2) is 6.23 Å². The van der Waals surface area contributed by atoms with E-state index in [0.29, 0.717) is 0 Å². The molecule has 3 heteroatoms. The molecule has 0 saturated heterocycles. The van der Waals surface area contributed by atoms with E-state index >= 15 is 0 Å². The largest absolute Gasteiger partial charge is 0.466 e. The minimum Gasteiger partial charge on any atom is -0.466 e. The maximum absolute atomic E-state index is 6.95. The molecule has 0 spiro atoms. The summed E-state index contributed by atoms with van der Waals surface area (Å²) in [6.45, 7) is 1.98. The molecule has 30 heavy (non-hydrogen) atoms. The Bertz CT molecular complexity index is 1080. The van der Waals surface area contributed by atoms with Gasteiger partial charge in [0.2, 0.25) is 0 Å². The van der Waals surface area contributed by atoms with Crippen molar-refractivity contribution in [1.82, 2.24) is 0 Å². The number of nitrogens with one attached hydrogen (secondary N) is 1. The number of rotatable bonds is 5. The van der Waals surface area contributed by atoms with Gasteiger partial charge in [0, 0.05) is 17.7 Å². The lowest BCUT2D eigenvalue weighted by Gasteiger charge is -2.44. The molecule has 0 amide bonds. The SMILES string of the molecule is Cc1ccc(CC[C@H]2Nc3ccccc3C(c3ccccc3)(c3ccccc3)O2)o1. The highest BCUT2D eigenvalue weighted by molar-refractivity contribution is 5.63. The normalized spacial score (nSPS) is 17.2. The fraction of sp³-hybridized carbons (Fsp3) is 0.185. The predicted molar refractivity (Wildman–Crippen MR) is 119 cm³/mol. The molecule has 0 fully saturated rings. The molecule has 0 aliphatic carbocycles. The molecule has 1 aromatic heterocycles. The van der Waals surface area contributed by atoms with E-state index in [-0.39, 0.29) is 6.23 Å². The lowest BCUT2D eigenvalue weighted by molar-refractivity contribution is -0.0449. The summed E-state index contributed by atoms with van der Waals surface area (Å²) in [4.78, 5) is 0. The molecule has 0 saturated carbocycles. The van der Waals surface area contributed by atoms with Crippen LogP contribution in [0.5, 0.6) is 0 Å². The molecular weight excluding hydrogens is 370 g/mol. The fourth-order valence-electron chi connectivity index (χ4n) is 4.38.